The number of halogens is 1. The number of nitrogens with two attached hydrogens (primary N) is 1. The van der Waals surface area contributed by atoms with Crippen LogP contribution in [0.3, 0.4) is 0 Å². The molecule has 0 saturated carbocycles. The Hall–Kier alpha value is -2.38. The predicted molar refractivity (Wildman–Crippen MR) is 122 cm³/mol. The van der Waals surface area contributed by atoms with E-state index in [1.807, 2.05) is 31.3 Å². The van der Waals surface area contributed by atoms with Gasteiger partial charge in [-0.15, -0.1) is 0 Å². The number of rotatable bonds is 3. The molecule has 30 heavy (non-hydrogen) atoms. The van der Waals surface area contributed by atoms with Crippen molar-refractivity contribution in [1.29, 1.82) is 0 Å². The molecule has 0 spiro atoms. The highest BCUT2D eigenvalue weighted by molar-refractivity contribution is 6.30. The molecule has 4 heterocycles. The Morgan fingerprint density at radius 3 is 2.37 bits per heavy atom. The third-order valence-electron chi connectivity index (χ3n) is 6.50. The van der Waals surface area contributed by atoms with Crippen LogP contribution in [0.4, 0.5) is 11.8 Å². The normalized spacial score (nSPS) is 18.9. The van der Waals surface area contributed by atoms with Gasteiger partial charge in [0.15, 0.2) is 5.65 Å². The van der Waals surface area contributed by atoms with Crippen molar-refractivity contribution in [3.63, 3.8) is 0 Å². The highest BCUT2D eigenvalue weighted by atomic mass is 35.5. The number of hydrogen-bond donors (Lipinski definition) is 1. The first-order valence-electron chi connectivity index (χ1n) is 10.9. The van der Waals surface area contributed by atoms with Gasteiger partial charge in [0.2, 0.25) is 5.95 Å². The third-order valence-corrected chi connectivity index (χ3v) is 6.75. The fourth-order valence-corrected chi connectivity index (χ4v) is 4.90. The van der Waals surface area contributed by atoms with Gasteiger partial charge in [-0.2, -0.15) is 10.1 Å². The number of fused-ring (bicyclic) bond motifs is 1. The molecule has 8 heteroatoms. The Morgan fingerprint density at radius 2 is 1.67 bits per heavy atom. The summed E-state index contributed by atoms with van der Waals surface area (Å²) in [6.45, 7) is 4.44. The van der Waals surface area contributed by atoms with Crippen molar-refractivity contribution in [2.45, 2.75) is 38.1 Å². The first-order chi connectivity index (χ1) is 14.6. The molecule has 2 N–H and O–H groups in total. The van der Waals surface area contributed by atoms with Gasteiger partial charge >= 0.3 is 0 Å². The van der Waals surface area contributed by atoms with Crippen molar-refractivity contribution in [1.82, 2.24) is 24.6 Å². The van der Waals surface area contributed by atoms with Crippen LogP contribution in [0.25, 0.3) is 22.3 Å². The van der Waals surface area contributed by atoms with Crippen LogP contribution in [-0.4, -0.2) is 56.9 Å². The highest BCUT2D eigenvalue weighted by Gasteiger charge is 2.28. The largest absolute Gasteiger partial charge is 0.383 e. The number of aromatic nitrogens is 4. The molecule has 1 aromatic carbocycles. The maximum Gasteiger partial charge on any atom is 0.228 e. The smallest absolute Gasteiger partial charge is 0.228 e. The molecular weight excluding hydrogens is 398 g/mol. The molecule has 2 aliphatic rings. The lowest BCUT2D eigenvalue weighted by molar-refractivity contribution is 0.141. The minimum Gasteiger partial charge on any atom is -0.383 e. The van der Waals surface area contributed by atoms with Gasteiger partial charge in [0, 0.05) is 36.8 Å². The van der Waals surface area contributed by atoms with Crippen LogP contribution in [0, 0.1) is 0 Å². The Morgan fingerprint density at radius 1 is 0.967 bits per heavy atom. The summed E-state index contributed by atoms with van der Waals surface area (Å²) in [6.07, 6.45) is 6.37. The van der Waals surface area contributed by atoms with Crippen molar-refractivity contribution in [2.24, 2.45) is 7.05 Å². The summed E-state index contributed by atoms with van der Waals surface area (Å²) in [5, 5.41) is 6.04. The van der Waals surface area contributed by atoms with E-state index < -0.39 is 0 Å². The number of benzene rings is 1. The van der Waals surface area contributed by atoms with E-state index in [4.69, 9.17) is 27.3 Å². The van der Waals surface area contributed by atoms with Crippen molar-refractivity contribution >= 4 is 34.4 Å². The van der Waals surface area contributed by atoms with E-state index >= 15 is 0 Å². The maximum atomic E-state index is 6.31. The van der Waals surface area contributed by atoms with E-state index in [1.165, 1.54) is 32.4 Å². The van der Waals surface area contributed by atoms with E-state index in [2.05, 4.69) is 14.9 Å². The second-order valence-electron chi connectivity index (χ2n) is 8.40. The molecular formula is C22H28ClN7. The Bertz CT molecular complexity index is 1030. The van der Waals surface area contributed by atoms with Crippen molar-refractivity contribution in [3.05, 3.63) is 29.3 Å². The van der Waals surface area contributed by atoms with Gasteiger partial charge in [0.25, 0.3) is 0 Å². The van der Waals surface area contributed by atoms with Crippen LogP contribution >= 0.6 is 11.6 Å². The number of aryl methyl sites for hydroxylation is 1. The topological polar surface area (TPSA) is 76.1 Å². The van der Waals surface area contributed by atoms with Crippen LogP contribution < -0.4 is 10.6 Å². The number of nitrogen functional groups attached to an aromatic ring is 1. The fourth-order valence-electron chi connectivity index (χ4n) is 4.78. The number of hydrogen-bond acceptors (Lipinski definition) is 6. The summed E-state index contributed by atoms with van der Waals surface area (Å²) < 4.78 is 1.67. The molecule has 3 aromatic rings. The lowest BCUT2D eigenvalue weighted by Gasteiger charge is -2.40. The Balaban J connectivity index is 1.46. The van der Waals surface area contributed by atoms with Gasteiger partial charge in [-0.05, 0) is 50.9 Å². The summed E-state index contributed by atoms with van der Waals surface area (Å²) in [7, 11) is 1.84. The quantitative estimate of drug-likeness (QED) is 0.689. The molecule has 2 aromatic heterocycles. The molecule has 7 nitrogen and oxygen atoms in total. The van der Waals surface area contributed by atoms with Crippen molar-refractivity contribution in [3.8, 4) is 11.3 Å². The summed E-state index contributed by atoms with van der Waals surface area (Å²) in [5.74, 6) is 1.31. The fraction of sp³-hybridized carbons (Fsp3) is 0.500. The van der Waals surface area contributed by atoms with Crippen LogP contribution in [-0.2, 0) is 7.05 Å². The molecule has 0 unspecified atom stereocenters. The molecule has 0 bridgehead atoms. The van der Waals surface area contributed by atoms with Crippen molar-refractivity contribution in [2.75, 3.05) is 36.8 Å². The summed E-state index contributed by atoms with van der Waals surface area (Å²) >= 11 is 6.10. The maximum absolute atomic E-state index is 6.31. The molecule has 2 fully saturated rings. The van der Waals surface area contributed by atoms with E-state index in [9.17, 15) is 0 Å². The molecule has 0 atom stereocenters. The monoisotopic (exact) mass is 425 g/mol. The minimum atomic E-state index is 0.574. The Labute approximate surface area is 181 Å². The van der Waals surface area contributed by atoms with Gasteiger partial charge in [-0.3, -0.25) is 4.68 Å². The Kier molecular flexibility index (Phi) is 5.25. The van der Waals surface area contributed by atoms with E-state index in [0.29, 0.717) is 22.5 Å². The standard InChI is InChI=1S/C22H28ClN7/c1-28-20(24)18-19(15-5-7-16(23)8-6-15)25-22(26-21(18)27-28)30-13-9-17(10-14-30)29-11-3-2-4-12-29/h5-8,17H,2-4,9-14,24H2,1H3. The number of nitrogens with zero attached hydrogens (tertiary/aromatic N) is 6. The molecule has 0 amide bonds. The predicted octanol–water partition coefficient (Wildman–Crippen LogP) is 3.72. The summed E-state index contributed by atoms with van der Waals surface area (Å²) in [5.41, 5.74) is 8.74. The first-order valence-corrected chi connectivity index (χ1v) is 11.2. The zero-order chi connectivity index (χ0) is 20.7. The van der Waals surface area contributed by atoms with Crippen LogP contribution in [0.5, 0.6) is 0 Å². The summed E-state index contributed by atoms with van der Waals surface area (Å²) in [6, 6.07) is 8.39. The number of likely N-dealkylation sites (tertiary alicyclic amines) is 1. The van der Waals surface area contributed by atoms with Crippen LogP contribution in [0.15, 0.2) is 24.3 Å². The molecule has 158 valence electrons. The second-order valence-corrected chi connectivity index (χ2v) is 8.84. The van der Waals surface area contributed by atoms with Gasteiger partial charge < -0.3 is 15.5 Å². The zero-order valence-electron chi connectivity index (χ0n) is 17.4. The summed E-state index contributed by atoms with van der Waals surface area (Å²) in [4.78, 5) is 14.7. The molecule has 5 rings (SSSR count). The molecule has 0 aliphatic carbocycles. The first kappa shape index (κ1) is 19.6. The van der Waals surface area contributed by atoms with Crippen LogP contribution in [0.2, 0.25) is 5.02 Å². The van der Waals surface area contributed by atoms with E-state index in [-0.39, 0.29) is 0 Å². The van der Waals surface area contributed by atoms with E-state index in [1.54, 1.807) is 4.68 Å². The average Bonchev–Trinajstić information content (AvgIpc) is 3.08. The van der Waals surface area contributed by atoms with Gasteiger partial charge in [-0.25, -0.2) is 4.98 Å². The van der Waals surface area contributed by atoms with Gasteiger partial charge in [-0.1, -0.05) is 30.2 Å². The van der Waals surface area contributed by atoms with Crippen LogP contribution in [0.1, 0.15) is 32.1 Å². The van der Waals surface area contributed by atoms with Gasteiger partial charge in [0.05, 0.1) is 11.1 Å². The number of piperidine rings is 2. The average molecular weight is 426 g/mol. The van der Waals surface area contributed by atoms with Crippen molar-refractivity contribution < 1.29 is 0 Å². The SMILES string of the molecule is Cn1nc2nc(N3CCC(N4CCCCC4)CC3)nc(-c3ccc(Cl)cc3)c2c1N. The molecule has 2 saturated heterocycles. The highest BCUT2D eigenvalue weighted by Crippen LogP contribution is 2.33. The molecule has 2 aliphatic heterocycles. The van der Waals surface area contributed by atoms with Gasteiger partial charge in [0.1, 0.15) is 5.82 Å². The lowest BCUT2D eigenvalue weighted by atomic mass is 10.00. The zero-order valence-corrected chi connectivity index (χ0v) is 18.1. The molecule has 0 radical (unpaired) electrons. The van der Waals surface area contributed by atoms with E-state index in [0.717, 1.165) is 48.5 Å². The number of anilines is 2. The lowest BCUT2D eigenvalue weighted by Crippen LogP contribution is -2.47. The minimum absolute atomic E-state index is 0.574. The third kappa shape index (κ3) is 3.61. The second kappa shape index (κ2) is 8.04.